The number of nitrogens with zero attached hydrogens (tertiary/aromatic N) is 7. The van der Waals surface area contributed by atoms with Crippen molar-refractivity contribution in [3.63, 3.8) is 0 Å². The van der Waals surface area contributed by atoms with E-state index >= 15 is 0 Å². The van der Waals surface area contributed by atoms with Crippen molar-refractivity contribution in [2.75, 3.05) is 77.3 Å². The summed E-state index contributed by atoms with van der Waals surface area (Å²) in [6.07, 6.45) is 6.46. The summed E-state index contributed by atoms with van der Waals surface area (Å²) in [5.74, 6) is 2.07. The zero-order valence-corrected chi connectivity index (χ0v) is 22.0. The third kappa shape index (κ3) is 6.09. The van der Waals surface area contributed by atoms with Gasteiger partial charge in [-0.1, -0.05) is 0 Å². The van der Waals surface area contributed by atoms with Crippen molar-refractivity contribution in [2.24, 2.45) is 0 Å². The number of nitrogen functional groups attached to an aromatic ring is 1. The minimum Gasteiger partial charge on any atom is -0.383 e. The molecule has 194 valence electrons. The third-order valence-corrected chi connectivity index (χ3v) is 8.09. The average Bonchev–Trinajstić information content (AvgIpc) is 3.31. The van der Waals surface area contributed by atoms with Crippen LogP contribution in [-0.2, 0) is 22.4 Å². The molecular weight excluding hydrogens is 476 g/mol. The number of nitrogens with two attached hydrogens (primary N) is 1. The van der Waals surface area contributed by atoms with Gasteiger partial charge >= 0.3 is 0 Å². The van der Waals surface area contributed by atoms with Crippen LogP contribution in [0.25, 0.3) is 10.2 Å². The summed E-state index contributed by atoms with van der Waals surface area (Å²) >= 11 is 1.79. The fourth-order valence-corrected chi connectivity index (χ4v) is 6.05. The highest BCUT2D eigenvalue weighted by atomic mass is 32.1. The Bertz CT molecular complexity index is 1130. The molecule has 0 spiro atoms. The van der Waals surface area contributed by atoms with E-state index in [2.05, 4.69) is 37.8 Å². The highest BCUT2D eigenvalue weighted by Crippen LogP contribution is 2.33. The number of hydrogen-bond donors (Lipinski definition) is 1. The smallest absolute Gasteiger partial charge is 0.219 e. The van der Waals surface area contributed by atoms with Crippen LogP contribution in [-0.4, -0.2) is 102 Å². The molecule has 11 heteroatoms. The van der Waals surface area contributed by atoms with E-state index in [9.17, 15) is 0 Å². The zero-order valence-electron chi connectivity index (χ0n) is 21.2. The van der Waals surface area contributed by atoms with Crippen molar-refractivity contribution >= 4 is 33.3 Å². The van der Waals surface area contributed by atoms with Crippen LogP contribution in [0.2, 0.25) is 0 Å². The van der Waals surface area contributed by atoms with Gasteiger partial charge in [0.25, 0.3) is 0 Å². The topological polar surface area (TPSA) is 106 Å². The van der Waals surface area contributed by atoms with Crippen molar-refractivity contribution in [2.45, 2.75) is 31.8 Å². The Morgan fingerprint density at radius 1 is 1.14 bits per heavy atom. The molecule has 0 amide bonds. The lowest BCUT2D eigenvalue weighted by Gasteiger charge is -2.36. The molecule has 2 N–H and O–H groups in total. The highest BCUT2D eigenvalue weighted by Gasteiger charge is 2.24. The molecule has 2 aliphatic heterocycles. The second kappa shape index (κ2) is 11.7. The van der Waals surface area contributed by atoms with E-state index in [0.29, 0.717) is 12.5 Å². The Hall–Kier alpha value is -2.44. The van der Waals surface area contributed by atoms with Gasteiger partial charge in [-0.2, -0.15) is 0 Å². The minimum absolute atomic E-state index is 0.276. The second-order valence-electron chi connectivity index (χ2n) is 9.60. The van der Waals surface area contributed by atoms with Gasteiger partial charge in [0.2, 0.25) is 5.95 Å². The fourth-order valence-electron chi connectivity index (χ4n) is 4.97. The maximum Gasteiger partial charge on any atom is 0.219 e. The van der Waals surface area contributed by atoms with Gasteiger partial charge in [-0.3, -0.25) is 4.90 Å². The molecule has 5 heterocycles. The van der Waals surface area contributed by atoms with Crippen LogP contribution in [0.4, 0.5) is 11.8 Å². The van der Waals surface area contributed by atoms with Crippen LogP contribution in [0.3, 0.4) is 0 Å². The number of ether oxygens (including phenoxy) is 2. The number of thiophene rings is 1. The van der Waals surface area contributed by atoms with Crippen molar-refractivity contribution < 1.29 is 9.47 Å². The van der Waals surface area contributed by atoms with Gasteiger partial charge in [0.1, 0.15) is 16.5 Å². The molecule has 3 aromatic rings. The van der Waals surface area contributed by atoms with Crippen LogP contribution in [0, 0.1) is 0 Å². The van der Waals surface area contributed by atoms with Crippen molar-refractivity contribution in [1.82, 2.24) is 29.7 Å². The number of likely N-dealkylation sites (tertiary alicyclic amines) is 1. The number of morpholine rings is 1. The normalized spacial score (nSPS) is 17.9. The van der Waals surface area contributed by atoms with E-state index in [0.717, 1.165) is 86.5 Å². The maximum absolute atomic E-state index is 5.66. The number of likely N-dealkylation sites (N-methyl/N-ethyl adjacent to an activating group) is 1. The molecule has 0 atom stereocenters. The van der Waals surface area contributed by atoms with E-state index in [1.807, 2.05) is 0 Å². The average molecular weight is 513 g/mol. The molecule has 0 unspecified atom stereocenters. The van der Waals surface area contributed by atoms with Gasteiger partial charge < -0.3 is 25.0 Å². The molecule has 36 heavy (non-hydrogen) atoms. The molecule has 0 saturated carbocycles. The van der Waals surface area contributed by atoms with E-state index < -0.39 is 0 Å². The van der Waals surface area contributed by atoms with Gasteiger partial charge in [-0.15, -0.1) is 11.3 Å². The fraction of sp³-hybridized carbons (Fsp3) is 0.600. The lowest BCUT2D eigenvalue weighted by molar-refractivity contribution is 0.0948. The van der Waals surface area contributed by atoms with Gasteiger partial charge in [-0.05, 0) is 31.5 Å². The van der Waals surface area contributed by atoms with Crippen molar-refractivity contribution in [1.29, 1.82) is 0 Å². The number of piperidine rings is 1. The SMILES string of the molecule is COCCN(C)C1CCN(Cc2cc3c(N4CCOCC4)nc(Cc4cnc(N)nc4)nc3s2)CC1. The molecule has 0 radical (unpaired) electrons. The molecule has 0 bridgehead atoms. The quantitative estimate of drug-likeness (QED) is 0.458. The monoisotopic (exact) mass is 512 g/mol. The summed E-state index contributed by atoms with van der Waals surface area (Å²) in [5.41, 5.74) is 6.61. The standard InChI is InChI=1S/C25H36N8O2S/c1-31(7-10-34-2)19-3-5-32(6-4-19)17-20-14-21-23(33-8-11-35-12-9-33)29-22(30-24(21)36-20)13-18-15-27-25(26)28-16-18/h14-16,19H,3-13,17H2,1-2H3,(H2,26,27,28). The van der Waals surface area contributed by atoms with Crippen molar-refractivity contribution in [3.05, 3.63) is 34.7 Å². The largest absolute Gasteiger partial charge is 0.383 e. The molecule has 2 aliphatic rings. The number of aromatic nitrogens is 4. The number of fused-ring (bicyclic) bond motifs is 1. The van der Waals surface area contributed by atoms with E-state index in [-0.39, 0.29) is 5.95 Å². The Morgan fingerprint density at radius 3 is 2.61 bits per heavy atom. The van der Waals surface area contributed by atoms with Gasteiger partial charge in [0, 0.05) is 76.1 Å². The molecule has 2 fully saturated rings. The van der Waals surface area contributed by atoms with Crippen LogP contribution in [0.1, 0.15) is 29.1 Å². The summed E-state index contributed by atoms with van der Waals surface area (Å²) in [6, 6.07) is 2.94. The van der Waals surface area contributed by atoms with E-state index in [1.165, 1.54) is 17.7 Å². The molecule has 0 aliphatic carbocycles. The van der Waals surface area contributed by atoms with Gasteiger partial charge in [-0.25, -0.2) is 19.9 Å². The van der Waals surface area contributed by atoms with E-state index in [4.69, 9.17) is 25.2 Å². The summed E-state index contributed by atoms with van der Waals surface area (Å²) in [4.78, 5) is 27.9. The molecule has 2 saturated heterocycles. The molecule has 5 rings (SSSR count). The first kappa shape index (κ1) is 25.2. The number of anilines is 2. The zero-order chi connectivity index (χ0) is 24.9. The van der Waals surface area contributed by atoms with Gasteiger partial charge in [0.05, 0.1) is 25.2 Å². The molecule has 10 nitrogen and oxygen atoms in total. The first-order chi connectivity index (χ1) is 17.6. The summed E-state index contributed by atoms with van der Waals surface area (Å²) in [5, 5.41) is 1.14. The van der Waals surface area contributed by atoms with Crippen LogP contribution in [0.5, 0.6) is 0 Å². The van der Waals surface area contributed by atoms with E-state index in [1.54, 1.807) is 30.8 Å². The summed E-state index contributed by atoms with van der Waals surface area (Å²) in [7, 11) is 3.98. The first-order valence-electron chi connectivity index (χ1n) is 12.7. The Labute approximate surface area is 216 Å². The number of methoxy groups -OCH3 is 1. The predicted octanol–water partition coefficient (Wildman–Crippen LogP) is 2.03. The Balaban J connectivity index is 1.33. The van der Waals surface area contributed by atoms with Crippen LogP contribution >= 0.6 is 11.3 Å². The predicted molar refractivity (Wildman–Crippen MR) is 143 cm³/mol. The number of hydrogen-bond acceptors (Lipinski definition) is 11. The maximum atomic E-state index is 5.66. The van der Waals surface area contributed by atoms with Crippen molar-refractivity contribution in [3.8, 4) is 0 Å². The lowest BCUT2D eigenvalue weighted by atomic mass is 10.0. The number of rotatable bonds is 9. The minimum atomic E-state index is 0.276. The van der Waals surface area contributed by atoms with Crippen LogP contribution in [0.15, 0.2) is 18.5 Å². The molecular formula is C25H36N8O2S. The third-order valence-electron chi connectivity index (χ3n) is 7.08. The van der Waals surface area contributed by atoms with Gasteiger partial charge in [0.15, 0.2) is 0 Å². The first-order valence-corrected chi connectivity index (χ1v) is 13.5. The lowest BCUT2D eigenvalue weighted by Crippen LogP contribution is -2.43. The molecule has 3 aromatic heterocycles. The second-order valence-corrected chi connectivity index (χ2v) is 10.7. The highest BCUT2D eigenvalue weighted by molar-refractivity contribution is 7.18. The molecule has 0 aromatic carbocycles. The summed E-state index contributed by atoms with van der Waals surface area (Å²) < 4.78 is 10.8. The summed E-state index contributed by atoms with van der Waals surface area (Å²) in [6.45, 7) is 8.08. The Kier molecular flexibility index (Phi) is 8.22. The Morgan fingerprint density at radius 2 is 1.89 bits per heavy atom. The van der Waals surface area contributed by atoms with Crippen LogP contribution < -0.4 is 10.6 Å².